The molecule has 0 saturated carbocycles. The molecule has 2 aromatic rings. The first kappa shape index (κ1) is 14.5. The maximum Gasteiger partial charge on any atom is 0.335 e. The Labute approximate surface area is 120 Å². The van der Waals surface area contributed by atoms with E-state index in [-0.39, 0.29) is 23.6 Å². The van der Waals surface area contributed by atoms with Crippen molar-refractivity contribution in [2.24, 2.45) is 0 Å². The largest absolute Gasteiger partial charge is 0.482 e. The number of hydrogen-bond donors (Lipinski definition) is 1. The first-order valence-corrected chi connectivity index (χ1v) is 6.18. The Balaban J connectivity index is 2.29. The Morgan fingerprint density at radius 3 is 2.62 bits per heavy atom. The molecule has 0 amide bonds. The van der Waals surface area contributed by atoms with E-state index in [1.54, 1.807) is 0 Å². The Hall–Kier alpha value is -2.89. The monoisotopic (exact) mass is 287 g/mol. The molecule has 0 bridgehead atoms. The molecule has 2 rings (SSSR count). The van der Waals surface area contributed by atoms with Crippen molar-refractivity contribution < 1.29 is 19.6 Å². The van der Waals surface area contributed by atoms with Crippen LogP contribution in [0.4, 0.5) is 5.69 Å². The number of carboxylic acids is 1. The number of hydrogen-bond acceptors (Lipinski definition) is 4. The van der Waals surface area contributed by atoms with Crippen LogP contribution in [0.2, 0.25) is 0 Å². The Kier molecular flexibility index (Phi) is 4.18. The van der Waals surface area contributed by atoms with Crippen LogP contribution < -0.4 is 4.74 Å². The van der Waals surface area contributed by atoms with Crippen LogP contribution >= 0.6 is 0 Å². The third-order valence-corrected chi connectivity index (χ3v) is 3.05. The first-order chi connectivity index (χ1) is 9.99. The van der Waals surface area contributed by atoms with Gasteiger partial charge in [0.05, 0.1) is 10.5 Å². The van der Waals surface area contributed by atoms with Gasteiger partial charge in [-0.1, -0.05) is 24.3 Å². The van der Waals surface area contributed by atoms with Gasteiger partial charge in [0.2, 0.25) is 0 Å². The molecule has 0 heterocycles. The molecular formula is C15H13NO5. The number of carbonyl (C=O) groups is 1. The van der Waals surface area contributed by atoms with Crippen molar-refractivity contribution >= 4 is 11.7 Å². The van der Waals surface area contributed by atoms with Gasteiger partial charge in [0, 0.05) is 12.1 Å². The van der Waals surface area contributed by atoms with Crippen molar-refractivity contribution in [3.05, 3.63) is 69.3 Å². The van der Waals surface area contributed by atoms with Crippen LogP contribution in [0.5, 0.6) is 5.75 Å². The second kappa shape index (κ2) is 6.04. The zero-order valence-electron chi connectivity index (χ0n) is 11.3. The van der Waals surface area contributed by atoms with E-state index in [0.717, 1.165) is 17.2 Å². The lowest BCUT2D eigenvalue weighted by molar-refractivity contribution is -0.385. The normalized spacial score (nSPS) is 10.1. The highest BCUT2D eigenvalue weighted by atomic mass is 16.6. The number of ether oxygens (including phenoxy) is 1. The van der Waals surface area contributed by atoms with Crippen molar-refractivity contribution in [2.75, 3.05) is 0 Å². The minimum Gasteiger partial charge on any atom is -0.482 e. The van der Waals surface area contributed by atoms with Crippen LogP contribution in [-0.4, -0.2) is 16.0 Å². The highest BCUT2D eigenvalue weighted by Crippen LogP contribution is 2.29. The van der Waals surface area contributed by atoms with Crippen molar-refractivity contribution in [3.63, 3.8) is 0 Å². The van der Waals surface area contributed by atoms with Crippen molar-refractivity contribution in [2.45, 2.75) is 13.5 Å². The first-order valence-electron chi connectivity index (χ1n) is 6.18. The lowest BCUT2D eigenvalue weighted by atomic mass is 10.1. The average Bonchev–Trinajstić information content (AvgIpc) is 2.46. The van der Waals surface area contributed by atoms with E-state index >= 15 is 0 Å². The van der Waals surface area contributed by atoms with E-state index in [0.29, 0.717) is 0 Å². The quantitative estimate of drug-likeness (QED) is 0.673. The number of aromatic carboxylic acids is 1. The molecule has 6 heteroatoms. The molecule has 0 aliphatic heterocycles. The highest BCUT2D eigenvalue weighted by molar-refractivity contribution is 5.88. The predicted octanol–water partition coefficient (Wildman–Crippen LogP) is 3.18. The summed E-state index contributed by atoms with van der Waals surface area (Å²) < 4.78 is 5.45. The summed E-state index contributed by atoms with van der Waals surface area (Å²) in [5.41, 5.74) is 1.57. The SMILES string of the molecule is Cc1ccccc1COc1cc(C(=O)O)ccc1[N+](=O)[O-]. The van der Waals surface area contributed by atoms with E-state index in [1.165, 1.54) is 12.1 Å². The fourth-order valence-corrected chi connectivity index (χ4v) is 1.84. The third kappa shape index (κ3) is 3.36. The molecule has 2 aromatic carbocycles. The smallest absolute Gasteiger partial charge is 0.335 e. The van der Waals surface area contributed by atoms with E-state index in [4.69, 9.17) is 9.84 Å². The van der Waals surface area contributed by atoms with Gasteiger partial charge in [0.1, 0.15) is 6.61 Å². The summed E-state index contributed by atoms with van der Waals surface area (Å²) in [6.45, 7) is 2.04. The predicted molar refractivity (Wildman–Crippen MR) is 75.6 cm³/mol. The fourth-order valence-electron chi connectivity index (χ4n) is 1.84. The molecule has 0 aliphatic carbocycles. The number of rotatable bonds is 5. The van der Waals surface area contributed by atoms with Crippen molar-refractivity contribution in [3.8, 4) is 5.75 Å². The average molecular weight is 287 g/mol. The maximum atomic E-state index is 11.0. The van der Waals surface area contributed by atoms with E-state index in [1.807, 2.05) is 31.2 Å². The van der Waals surface area contributed by atoms with Gasteiger partial charge in [-0.3, -0.25) is 10.1 Å². The van der Waals surface area contributed by atoms with E-state index in [2.05, 4.69) is 0 Å². The lowest BCUT2D eigenvalue weighted by Crippen LogP contribution is -2.03. The van der Waals surface area contributed by atoms with Crippen LogP contribution in [0.25, 0.3) is 0 Å². The standard InChI is InChI=1S/C15H13NO5/c1-10-4-2-3-5-12(10)9-21-14-8-11(15(17)18)6-7-13(14)16(19)20/h2-8H,9H2,1H3,(H,17,18). The number of aryl methyl sites for hydroxylation is 1. The van der Waals surface area contributed by atoms with Crippen LogP contribution in [0, 0.1) is 17.0 Å². The Morgan fingerprint density at radius 1 is 1.29 bits per heavy atom. The molecule has 0 spiro atoms. The van der Waals surface area contributed by atoms with Gasteiger partial charge in [0.25, 0.3) is 0 Å². The second-order valence-electron chi connectivity index (χ2n) is 4.46. The summed E-state index contributed by atoms with van der Waals surface area (Å²) in [6.07, 6.45) is 0. The van der Waals surface area contributed by atoms with Crippen LogP contribution in [0.1, 0.15) is 21.5 Å². The highest BCUT2D eigenvalue weighted by Gasteiger charge is 2.18. The van der Waals surface area contributed by atoms with Gasteiger partial charge in [0.15, 0.2) is 5.75 Å². The number of nitro groups is 1. The second-order valence-corrected chi connectivity index (χ2v) is 4.46. The number of nitro benzene ring substituents is 1. The van der Waals surface area contributed by atoms with Crippen LogP contribution in [-0.2, 0) is 6.61 Å². The van der Waals surface area contributed by atoms with Crippen molar-refractivity contribution in [1.82, 2.24) is 0 Å². The summed E-state index contributed by atoms with van der Waals surface area (Å²) >= 11 is 0. The molecule has 0 radical (unpaired) electrons. The minimum absolute atomic E-state index is 0.0526. The molecule has 0 aromatic heterocycles. The fraction of sp³-hybridized carbons (Fsp3) is 0.133. The zero-order chi connectivity index (χ0) is 15.4. The van der Waals surface area contributed by atoms with Gasteiger partial charge < -0.3 is 9.84 Å². The summed E-state index contributed by atoms with van der Waals surface area (Å²) in [7, 11) is 0. The molecule has 0 saturated heterocycles. The van der Waals surface area contributed by atoms with Gasteiger partial charge >= 0.3 is 11.7 Å². The van der Waals surface area contributed by atoms with Gasteiger partial charge in [-0.2, -0.15) is 0 Å². The topological polar surface area (TPSA) is 89.7 Å². The number of carboxylic acid groups (broad SMARTS) is 1. The summed E-state index contributed by atoms with van der Waals surface area (Å²) in [6, 6.07) is 11.0. The summed E-state index contributed by atoms with van der Waals surface area (Å²) in [5.74, 6) is -1.21. The van der Waals surface area contributed by atoms with Crippen molar-refractivity contribution in [1.29, 1.82) is 0 Å². The Bertz CT molecular complexity index is 696. The summed E-state index contributed by atoms with van der Waals surface area (Å²) in [4.78, 5) is 21.3. The molecule has 0 atom stereocenters. The molecule has 0 fully saturated rings. The van der Waals surface area contributed by atoms with E-state index < -0.39 is 10.9 Å². The minimum atomic E-state index is -1.16. The number of nitrogens with zero attached hydrogens (tertiary/aromatic N) is 1. The molecule has 108 valence electrons. The molecule has 0 aliphatic rings. The Morgan fingerprint density at radius 2 is 2.00 bits per heavy atom. The molecular weight excluding hydrogens is 274 g/mol. The zero-order valence-corrected chi connectivity index (χ0v) is 11.3. The van der Waals surface area contributed by atoms with Gasteiger partial charge in [-0.05, 0) is 24.1 Å². The molecule has 21 heavy (non-hydrogen) atoms. The van der Waals surface area contributed by atoms with Gasteiger partial charge in [-0.25, -0.2) is 4.79 Å². The van der Waals surface area contributed by atoms with Crippen LogP contribution in [0.15, 0.2) is 42.5 Å². The third-order valence-electron chi connectivity index (χ3n) is 3.05. The molecule has 1 N–H and O–H groups in total. The maximum absolute atomic E-state index is 11.0. The lowest BCUT2D eigenvalue weighted by Gasteiger charge is -2.09. The van der Waals surface area contributed by atoms with Gasteiger partial charge in [-0.15, -0.1) is 0 Å². The molecule has 0 unspecified atom stereocenters. The number of benzene rings is 2. The van der Waals surface area contributed by atoms with Crippen LogP contribution in [0.3, 0.4) is 0 Å². The van der Waals surface area contributed by atoms with E-state index in [9.17, 15) is 14.9 Å². The molecule has 6 nitrogen and oxygen atoms in total. The summed E-state index contributed by atoms with van der Waals surface area (Å²) in [5, 5.41) is 19.9.